The zero-order valence-electron chi connectivity index (χ0n) is 11.6. The summed E-state index contributed by atoms with van der Waals surface area (Å²) in [5.41, 5.74) is 0.855. The molecule has 6 heteroatoms. The number of carbonyl (C=O) groups excluding carboxylic acids is 2. The summed E-state index contributed by atoms with van der Waals surface area (Å²) in [6, 6.07) is 9.22. The van der Waals surface area contributed by atoms with Gasteiger partial charge in [-0.15, -0.1) is 0 Å². The second-order valence-corrected chi connectivity index (χ2v) is 4.23. The van der Waals surface area contributed by atoms with Crippen LogP contribution in [0.1, 0.15) is 18.9 Å². The molecule has 0 bridgehead atoms. The number of benzene rings is 1. The topological polar surface area (TPSA) is 92.7 Å². The van der Waals surface area contributed by atoms with Crippen molar-refractivity contribution in [2.75, 3.05) is 6.54 Å². The SMILES string of the molecule is CC(=O)OC(C=Cc1ccccc1)C(=O)NCCC(=O)O. The van der Waals surface area contributed by atoms with E-state index in [4.69, 9.17) is 9.84 Å². The third-order valence-corrected chi connectivity index (χ3v) is 2.45. The van der Waals surface area contributed by atoms with Crippen molar-refractivity contribution >= 4 is 23.9 Å². The molecule has 0 aliphatic rings. The van der Waals surface area contributed by atoms with E-state index in [1.807, 2.05) is 30.3 Å². The Balaban J connectivity index is 2.66. The quantitative estimate of drug-likeness (QED) is 0.737. The van der Waals surface area contributed by atoms with E-state index in [9.17, 15) is 14.4 Å². The highest BCUT2D eigenvalue weighted by Gasteiger charge is 2.18. The van der Waals surface area contributed by atoms with Crippen LogP contribution in [-0.4, -0.2) is 35.6 Å². The molecule has 0 fully saturated rings. The van der Waals surface area contributed by atoms with Crippen LogP contribution in [0, 0.1) is 0 Å². The van der Waals surface area contributed by atoms with Crippen LogP contribution in [0.15, 0.2) is 36.4 Å². The molecule has 6 nitrogen and oxygen atoms in total. The van der Waals surface area contributed by atoms with Crippen LogP contribution in [0.4, 0.5) is 0 Å². The van der Waals surface area contributed by atoms with E-state index in [0.717, 1.165) is 5.56 Å². The molecule has 0 heterocycles. The molecule has 1 aromatic rings. The Kier molecular flexibility index (Phi) is 6.67. The summed E-state index contributed by atoms with van der Waals surface area (Å²) in [6.07, 6.45) is 1.83. The van der Waals surface area contributed by atoms with Gasteiger partial charge in [0.25, 0.3) is 5.91 Å². The van der Waals surface area contributed by atoms with E-state index in [1.54, 1.807) is 6.08 Å². The molecule has 21 heavy (non-hydrogen) atoms. The lowest BCUT2D eigenvalue weighted by molar-refractivity contribution is -0.151. The molecule has 0 radical (unpaired) electrons. The van der Waals surface area contributed by atoms with Crippen LogP contribution >= 0.6 is 0 Å². The van der Waals surface area contributed by atoms with Crippen LogP contribution in [0.2, 0.25) is 0 Å². The number of rotatable bonds is 7. The fourth-order valence-corrected chi connectivity index (χ4v) is 1.51. The maximum Gasteiger partial charge on any atom is 0.305 e. The molecule has 0 saturated carbocycles. The standard InChI is InChI=1S/C15H17NO5/c1-11(17)21-13(15(20)16-10-9-14(18)19)8-7-12-5-3-2-4-6-12/h2-8,13H,9-10H2,1H3,(H,16,20)(H,18,19). The van der Waals surface area contributed by atoms with Gasteiger partial charge >= 0.3 is 11.9 Å². The number of amides is 1. The van der Waals surface area contributed by atoms with E-state index in [1.165, 1.54) is 13.0 Å². The van der Waals surface area contributed by atoms with Crippen molar-refractivity contribution < 1.29 is 24.2 Å². The number of aliphatic carboxylic acids is 1. The Morgan fingerprint density at radius 2 is 1.95 bits per heavy atom. The van der Waals surface area contributed by atoms with Crippen LogP contribution in [-0.2, 0) is 19.1 Å². The lowest BCUT2D eigenvalue weighted by Crippen LogP contribution is -2.37. The molecule has 0 aliphatic carbocycles. The second-order valence-electron chi connectivity index (χ2n) is 4.23. The predicted molar refractivity (Wildman–Crippen MR) is 76.3 cm³/mol. The Bertz CT molecular complexity index is 524. The first-order chi connectivity index (χ1) is 9.99. The van der Waals surface area contributed by atoms with Gasteiger partial charge in [0.05, 0.1) is 6.42 Å². The van der Waals surface area contributed by atoms with E-state index in [2.05, 4.69) is 5.32 Å². The first-order valence-corrected chi connectivity index (χ1v) is 6.39. The van der Waals surface area contributed by atoms with E-state index >= 15 is 0 Å². The van der Waals surface area contributed by atoms with Crippen LogP contribution in [0.5, 0.6) is 0 Å². The first kappa shape index (κ1) is 16.4. The van der Waals surface area contributed by atoms with Crippen LogP contribution < -0.4 is 5.32 Å². The third-order valence-electron chi connectivity index (χ3n) is 2.45. The molecule has 112 valence electrons. The minimum absolute atomic E-state index is 0.0227. The minimum atomic E-state index is -1.09. The van der Waals surface area contributed by atoms with Crippen molar-refractivity contribution in [1.29, 1.82) is 0 Å². The van der Waals surface area contributed by atoms with Crippen LogP contribution in [0.3, 0.4) is 0 Å². The normalized spacial score (nSPS) is 11.9. The summed E-state index contributed by atoms with van der Waals surface area (Å²) in [6.45, 7) is 1.18. The average Bonchev–Trinajstić information content (AvgIpc) is 2.43. The van der Waals surface area contributed by atoms with Crippen molar-refractivity contribution in [2.24, 2.45) is 0 Å². The number of carboxylic acids is 1. The Hall–Kier alpha value is -2.63. The molecule has 1 amide bonds. The number of esters is 1. The first-order valence-electron chi connectivity index (χ1n) is 6.39. The van der Waals surface area contributed by atoms with Gasteiger partial charge in [0.1, 0.15) is 0 Å². The molecular weight excluding hydrogens is 274 g/mol. The average molecular weight is 291 g/mol. The lowest BCUT2D eigenvalue weighted by atomic mass is 10.2. The highest BCUT2D eigenvalue weighted by molar-refractivity contribution is 5.86. The summed E-state index contributed by atoms with van der Waals surface area (Å²) >= 11 is 0. The van der Waals surface area contributed by atoms with Crippen molar-refractivity contribution in [3.63, 3.8) is 0 Å². The summed E-state index contributed by atoms with van der Waals surface area (Å²) in [4.78, 5) is 33.3. The number of ether oxygens (including phenoxy) is 1. The number of hydrogen-bond acceptors (Lipinski definition) is 4. The van der Waals surface area contributed by atoms with Crippen molar-refractivity contribution in [3.8, 4) is 0 Å². The maximum atomic E-state index is 11.8. The second kappa shape index (κ2) is 8.52. The molecule has 2 N–H and O–H groups in total. The van der Waals surface area contributed by atoms with Gasteiger partial charge in [-0.1, -0.05) is 36.4 Å². The van der Waals surface area contributed by atoms with Crippen molar-refractivity contribution in [2.45, 2.75) is 19.4 Å². The molecule has 1 atom stereocenters. The molecular formula is C15H17NO5. The van der Waals surface area contributed by atoms with Gasteiger partial charge in [0, 0.05) is 13.5 Å². The molecule has 1 unspecified atom stereocenters. The summed E-state index contributed by atoms with van der Waals surface area (Å²) in [5.74, 6) is -2.16. The van der Waals surface area contributed by atoms with E-state index in [-0.39, 0.29) is 13.0 Å². The van der Waals surface area contributed by atoms with Gasteiger partial charge in [-0.2, -0.15) is 0 Å². The Morgan fingerprint density at radius 3 is 2.52 bits per heavy atom. The fourth-order valence-electron chi connectivity index (χ4n) is 1.51. The minimum Gasteiger partial charge on any atom is -0.481 e. The van der Waals surface area contributed by atoms with Gasteiger partial charge in [-0.25, -0.2) is 0 Å². The molecule has 1 rings (SSSR count). The third kappa shape index (κ3) is 6.91. The lowest BCUT2D eigenvalue weighted by Gasteiger charge is -2.12. The predicted octanol–water partition coefficient (Wildman–Crippen LogP) is 1.22. The van der Waals surface area contributed by atoms with Crippen LogP contribution in [0.25, 0.3) is 6.08 Å². The van der Waals surface area contributed by atoms with E-state index < -0.39 is 23.9 Å². The van der Waals surface area contributed by atoms with Gasteiger partial charge in [0.2, 0.25) is 0 Å². The Morgan fingerprint density at radius 1 is 1.29 bits per heavy atom. The van der Waals surface area contributed by atoms with Crippen molar-refractivity contribution in [3.05, 3.63) is 42.0 Å². The number of hydrogen-bond donors (Lipinski definition) is 2. The van der Waals surface area contributed by atoms with Gasteiger partial charge < -0.3 is 15.2 Å². The molecule has 1 aromatic carbocycles. The smallest absolute Gasteiger partial charge is 0.305 e. The summed E-state index contributed by atoms with van der Waals surface area (Å²) in [7, 11) is 0. The molecule has 0 aromatic heterocycles. The number of nitrogens with one attached hydrogen (secondary N) is 1. The summed E-state index contributed by atoms with van der Waals surface area (Å²) in [5, 5.41) is 10.9. The Labute approximate surface area is 122 Å². The van der Waals surface area contributed by atoms with Gasteiger partial charge in [-0.3, -0.25) is 14.4 Å². The van der Waals surface area contributed by atoms with Gasteiger partial charge in [-0.05, 0) is 11.6 Å². The molecule has 0 aliphatic heterocycles. The summed E-state index contributed by atoms with van der Waals surface area (Å²) < 4.78 is 4.91. The highest BCUT2D eigenvalue weighted by Crippen LogP contribution is 2.04. The molecule has 0 spiro atoms. The molecule has 0 saturated heterocycles. The maximum absolute atomic E-state index is 11.8. The monoisotopic (exact) mass is 291 g/mol. The zero-order valence-corrected chi connectivity index (χ0v) is 11.6. The largest absolute Gasteiger partial charge is 0.481 e. The number of carbonyl (C=O) groups is 3. The van der Waals surface area contributed by atoms with Crippen molar-refractivity contribution in [1.82, 2.24) is 5.32 Å². The fraction of sp³-hybridized carbons (Fsp3) is 0.267. The zero-order chi connectivity index (χ0) is 15.7. The van der Waals surface area contributed by atoms with E-state index in [0.29, 0.717) is 0 Å². The number of carboxylic acid groups (broad SMARTS) is 1. The van der Waals surface area contributed by atoms with Gasteiger partial charge in [0.15, 0.2) is 6.10 Å². The highest BCUT2D eigenvalue weighted by atomic mass is 16.5.